The summed E-state index contributed by atoms with van der Waals surface area (Å²) in [6.07, 6.45) is -0.115. The van der Waals surface area contributed by atoms with E-state index in [-0.39, 0.29) is 11.9 Å². The minimum absolute atomic E-state index is 0.115. The molecule has 0 aromatic heterocycles. The maximum atomic E-state index is 13.8. The van der Waals surface area contributed by atoms with Crippen molar-refractivity contribution in [1.82, 2.24) is 10.6 Å². The number of ketones is 1. The van der Waals surface area contributed by atoms with E-state index in [2.05, 4.69) is 10.6 Å². The monoisotopic (exact) mass is 476 g/mol. The molecule has 1 aliphatic rings. The van der Waals surface area contributed by atoms with Crippen molar-refractivity contribution in [2.75, 3.05) is 7.11 Å². The first-order valence-corrected chi connectivity index (χ1v) is 11.3. The molecular formula is C27H25ClN2O4. The van der Waals surface area contributed by atoms with Crippen LogP contribution in [0.2, 0.25) is 5.02 Å². The topological polar surface area (TPSA) is 76.7 Å². The maximum Gasteiger partial charge on any atom is 0.320 e. The Morgan fingerprint density at radius 3 is 2.26 bits per heavy atom. The van der Waals surface area contributed by atoms with Gasteiger partial charge in [-0.25, -0.2) is 4.79 Å². The van der Waals surface area contributed by atoms with Crippen LogP contribution < -0.4 is 20.1 Å². The van der Waals surface area contributed by atoms with E-state index in [1.165, 1.54) is 7.11 Å². The third kappa shape index (κ3) is 4.77. The zero-order chi connectivity index (χ0) is 24.2. The summed E-state index contributed by atoms with van der Waals surface area (Å²) < 4.78 is 11.4. The summed E-state index contributed by atoms with van der Waals surface area (Å²) in [4.78, 5) is 26.5. The molecule has 0 bridgehead atoms. The van der Waals surface area contributed by atoms with E-state index in [1.54, 1.807) is 36.4 Å². The number of carbonyl (C=O) groups is 2. The van der Waals surface area contributed by atoms with E-state index in [0.29, 0.717) is 38.9 Å². The van der Waals surface area contributed by atoms with E-state index in [1.807, 2.05) is 50.2 Å². The third-order valence-corrected chi connectivity index (χ3v) is 5.63. The van der Waals surface area contributed by atoms with Crippen LogP contribution in [0.15, 0.2) is 78.4 Å². The molecule has 0 spiro atoms. The van der Waals surface area contributed by atoms with Crippen LogP contribution in [0.3, 0.4) is 0 Å². The number of hydrogen-bond donors (Lipinski definition) is 2. The molecular weight excluding hydrogens is 452 g/mol. The van der Waals surface area contributed by atoms with Crippen LogP contribution in [-0.4, -0.2) is 25.0 Å². The van der Waals surface area contributed by atoms with Gasteiger partial charge in [-0.05, 0) is 37.1 Å². The second-order valence-corrected chi connectivity index (χ2v) is 8.49. The number of benzene rings is 3. The van der Waals surface area contributed by atoms with Gasteiger partial charge >= 0.3 is 6.03 Å². The normalized spacial score (nSPS) is 15.6. The zero-order valence-corrected chi connectivity index (χ0v) is 19.8. The van der Waals surface area contributed by atoms with E-state index >= 15 is 0 Å². The van der Waals surface area contributed by atoms with Crippen LogP contribution in [0.5, 0.6) is 11.5 Å². The van der Waals surface area contributed by atoms with E-state index in [4.69, 9.17) is 21.1 Å². The fourth-order valence-corrected chi connectivity index (χ4v) is 4.16. The first kappa shape index (κ1) is 23.4. The molecule has 2 amide bonds. The van der Waals surface area contributed by atoms with Gasteiger partial charge in [0.15, 0.2) is 17.3 Å². The lowest BCUT2D eigenvalue weighted by Gasteiger charge is -2.31. The van der Waals surface area contributed by atoms with Gasteiger partial charge in [0.2, 0.25) is 0 Å². The molecule has 3 aromatic carbocycles. The molecule has 34 heavy (non-hydrogen) atoms. The molecule has 0 aliphatic carbocycles. The molecule has 0 fully saturated rings. The smallest absolute Gasteiger partial charge is 0.320 e. The van der Waals surface area contributed by atoms with Crippen molar-refractivity contribution in [3.63, 3.8) is 0 Å². The highest BCUT2D eigenvalue weighted by Gasteiger charge is 2.34. The van der Waals surface area contributed by atoms with Crippen molar-refractivity contribution in [3.8, 4) is 11.5 Å². The molecule has 4 rings (SSSR count). The second-order valence-electron chi connectivity index (χ2n) is 8.08. The molecule has 1 atom stereocenters. The summed E-state index contributed by atoms with van der Waals surface area (Å²) in [6.45, 7) is 3.78. The van der Waals surface area contributed by atoms with Gasteiger partial charge in [0.1, 0.15) is 0 Å². The number of urea groups is 1. The van der Waals surface area contributed by atoms with E-state index < -0.39 is 12.1 Å². The molecule has 6 nitrogen and oxygen atoms in total. The number of halogens is 1. The summed E-state index contributed by atoms with van der Waals surface area (Å²) in [5.74, 6) is 0.609. The standard InChI is InChI=1S/C27H25ClN2O4/c1-16(2)34-26-20(28)14-19(15-21(26)33-3)24-22(25(31)18-12-8-5-9-13-18)23(29-27(32)30-24)17-10-6-4-7-11-17/h4-16,24H,1-3H3,(H2,29,30,32)/t24-/m1/s1. The van der Waals surface area contributed by atoms with Gasteiger partial charge in [-0.3, -0.25) is 4.79 Å². The lowest BCUT2D eigenvalue weighted by atomic mass is 9.87. The lowest BCUT2D eigenvalue weighted by Crippen LogP contribution is -2.45. The SMILES string of the molecule is COc1cc([C@H]2NC(=O)NC(c3ccccc3)=C2C(=O)c2ccccc2)cc(Cl)c1OC(C)C. The van der Waals surface area contributed by atoms with Gasteiger partial charge in [0, 0.05) is 5.56 Å². The summed E-state index contributed by atoms with van der Waals surface area (Å²) in [7, 11) is 1.52. The van der Waals surface area contributed by atoms with Gasteiger partial charge in [0.25, 0.3) is 0 Å². The highest BCUT2D eigenvalue weighted by atomic mass is 35.5. The van der Waals surface area contributed by atoms with Crippen LogP contribution in [0.25, 0.3) is 5.70 Å². The third-order valence-electron chi connectivity index (χ3n) is 5.35. The Morgan fingerprint density at radius 1 is 1.00 bits per heavy atom. The van der Waals surface area contributed by atoms with Crippen molar-refractivity contribution in [1.29, 1.82) is 0 Å². The van der Waals surface area contributed by atoms with Gasteiger partial charge in [-0.2, -0.15) is 0 Å². The number of ether oxygens (including phenoxy) is 2. The van der Waals surface area contributed by atoms with Gasteiger partial charge < -0.3 is 20.1 Å². The largest absolute Gasteiger partial charge is 0.493 e. The molecule has 174 valence electrons. The fraction of sp³-hybridized carbons (Fsp3) is 0.185. The minimum atomic E-state index is -0.767. The lowest BCUT2D eigenvalue weighted by molar-refractivity contribution is 0.102. The Balaban J connectivity index is 1.92. The molecule has 3 aromatic rings. The molecule has 7 heteroatoms. The van der Waals surface area contributed by atoms with Gasteiger partial charge in [-0.1, -0.05) is 72.3 Å². The highest BCUT2D eigenvalue weighted by molar-refractivity contribution is 6.32. The van der Waals surface area contributed by atoms with Crippen molar-refractivity contribution < 1.29 is 19.1 Å². The summed E-state index contributed by atoms with van der Waals surface area (Å²) in [5.41, 5.74) is 2.67. The first-order chi connectivity index (χ1) is 16.4. The number of Topliss-reactive ketones (excluding diaryl/α,β-unsaturated/α-hetero) is 1. The quantitative estimate of drug-likeness (QED) is 0.423. The number of hydrogen-bond acceptors (Lipinski definition) is 4. The van der Waals surface area contributed by atoms with Crippen LogP contribution in [-0.2, 0) is 0 Å². The Morgan fingerprint density at radius 2 is 1.65 bits per heavy atom. The highest BCUT2D eigenvalue weighted by Crippen LogP contribution is 2.41. The average Bonchev–Trinajstić information content (AvgIpc) is 2.85. The number of rotatable bonds is 7. The van der Waals surface area contributed by atoms with Crippen LogP contribution in [0.1, 0.15) is 41.4 Å². The first-order valence-electron chi connectivity index (χ1n) is 10.9. The maximum absolute atomic E-state index is 13.8. The van der Waals surface area contributed by atoms with E-state index in [0.717, 1.165) is 5.56 Å². The molecule has 2 N–H and O–H groups in total. The summed E-state index contributed by atoms with van der Waals surface area (Å²) in [6, 6.07) is 20.5. The molecule has 1 aliphatic heterocycles. The van der Waals surface area contributed by atoms with Crippen LogP contribution in [0, 0.1) is 0 Å². The van der Waals surface area contributed by atoms with E-state index in [9.17, 15) is 9.59 Å². The van der Waals surface area contributed by atoms with Crippen molar-refractivity contribution in [2.24, 2.45) is 0 Å². The van der Waals surface area contributed by atoms with Crippen molar-refractivity contribution in [2.45, 2.75) is 26.0 Å². The van der Waals surface area contributed by atoms with Crippen molar-refractivity contribution >= 4 is 29.1 Å². The van der Waals surface area contributed by atoms with Crippen LogP contribution >= 0.6 is 11.6 Å². The predicted octanol–water partition coefficient (Wildman–Crippen LogP) is 5.78. The van der Waals surface area contributed by atoms with Crippen LogP contribution in [0.4, 0.5) is 4.79 Å². The number of carbonyl (C=O) groups excluding carboxylic acids is 2. The minimum Gasteiger partial charge on any atom is -0.493 e. The molecule has 0 unspecified atom stereocenters. The Kier molecular flexibility index (Phi) is 6.89. The predicted molar refractivity (Wildman–Crippen MR) is 132 cm³/mol. The van der Waals surface area contributed by atoms with Gasteiger partial charge in [-0.15, -0.1) is 0 Å². The molecule has 0 radical (unpaired) electrons. The molecule has 0 saturated heterocycles. The molecule has 1 heterocycles. The zero-order valence-electron chi connectivity index (χ0n) is 19.1. The summed E-state index contributed by atoms with van der Waals surface area (Å²) >= 11 is 6.58. The molecule has 0 saturated carbocycles. The fourth-order valence-electron chi connectivity index (χ4n) is 3.89. The number of nitrogens with one attached hydrogen (secondary N) is 2. The number of amides is 2. The van der Waals surface area contributed by atoms with Crippen molar-refractivity contribution in [3.05, 3.63) is 100 Å². The summed E-state index contributed by atoms with van der Waals surface area (Å²) in [5, 5.41) is 6.04. The Bertz CT molecular complexity index is 1240. The Hall–Kier alpha value is -3.77. The second kappa shape index (κ2) is 10.0. The Labute approximate surface area is 203 Å². The number of methoxy groups -OCH3 is 1. The average molecular weight is 477 g/mol. The van der Waals surface area contributed by atoms with Gasteiger partial charge in [0.05, 0.1) is 35.5 Å².